The largest absolute Gasteiger partial charge is 0.478 e. The summed E-state index contributed by atoms with van der Waals surface area (Å²) in [4.78, 5) is 14.0. The van der Waals surface area contributed by atoms with E-state index < -0.39 is 5.97 Å². The molecule has 4 nitrogen and oxygen atoms in total. The fraction of sp³-hybridized carbons (Fsp3) is 0.250. The van der Waals surface area contributed by atoms with E-state index in [0.717, 1.165) is 29.6 Å². The number of rotatable bonds is 4. The number of nitrogens with one attached hydrogen (secondary N) is 2. The molecule has 0 atom stereocenters. The Labute approximate surface area is 93.3 Å². The van der Waals surface area contributed by atoms with Crippen LogP contribution < -0.4 is 5.32 Å². The van der Waals surface area contributed by atoms with Gasteiger partial charge < -0.3 is 15.4 Å². The highest BCUT2D eigenvalue weighted by atomic mass is 16.4. The molecular weight excluding hydrogens is 204 g/mol. The molecule has 0 fully saturated rings. The topological polar surface area (TPSA) is 65.1 Å². The summed E-state index contributed by atoms with van der Waals surface area (Å²) in [6.07, 6.45) is 1.92. The number of carboxylic acids is 1. The van der Waals surface area contributed by atoms with Gasteiger partial charge in [-0.2, -0.15) is 0 Å². The summed E-state index contributed by atoms with van der Waals surface area (Å²) >= 11 is 0. The summed E-state index contributed by atoms with van der Waals surface area (Å²) in [5.41, 5.74) is 2.39. The molecule has 4 heteroatoms. The van der Waals surface area contributed by atoms with Gasteiger partial charge in [-0.1, -0.05) is 6.92 Å². The SMILES string of the molecule is CCNCc1c[nH]c2ccc(C(=O)O)cc12. The monoisotopic (exact) mass is 218 g/mol. The van der Waals surface area contributed by atoms with Crippen molar-refractivity contribution in [2.75, 3.05) is 6.54 Å². The Balaban J connectivity index is 2.43. The van der Waals surface area contributed by atoms with Crippen LogP contribution in [-0.4, -0.2) is 22.6 Å². The Morgan fingerprint density at radius 1 is 1.50 bits per heavy atom. The Kier molecular flexibility index (Phi) is 2.92. The minimum absolute atomic E-state index is 0.324. The summed E-state index contributed by atoms with van der Waals surface area (Å²) < 4.78 is 0. The molecule has 2 aromatic rings. The average molecular weight is 218 g/mol. The maximum Gasteiger partial charge on any atom is 0.335 e. The van der Waals surface area contributed by atoms with Gasteiger partial charge in [0.15, 0.2) is 0 Å². The van der Waals surface area contributed by atoms with Crippen molar-refractivity contribution < 1.29 is 9.90 Å². The van der Waals surface area contributed by atoms with E-state index in [2.05, 4.69) is 10.3 Å². The third-order valence-corrected chi connectivity index (χ3v) is 2.58. The molecule has 16 heavy (non-hydrogen) atoms. The highest BCUT2D eigenvalue weighted by molar-refractivity contribution is 5.94. The van der Waals surface area contributed by atoms with Gasteiger partial charge in [-0.25, -0.2) is 4.79 Å². The normalized spacial score (nSPS) is 10.8. The third kappa shape index (κ3) is 1.92. The maximum absolute atomic E-state index is 10.9. The summed E-state index contributed by atoms with van der Waals surface area (Å²) in [5.74, 6) is -0.891. The molecule has 1 aromatic heterocycles. The summed E-state index contributed by atoms with van der Waals surface area (Å²) in [5, 5.41) is 13.1. The van der Waals surface area contributed by atoms with Gasteiger partial charge in [0.2, 0.25) is 0 Å². The van der Waals surface area contributed by atoms with Crippen molar-refractivity contribution in [2.45, 2.75) is 13.5 Å². The summed E-state index contributed by atoms with van der Waals surface area (Å²) in [7, 11) is 0. The van der Waals surface area contributed by atoms with Gasteiger partial charge in [-0.15, -0.1) is 0 Å². The molecular formula is C12H14N2O2. The fourth-order valence-corrected chi connectivity index (χ4v) is 1.72. The first kappa shape index (κ1) is 10.7. The van der Waals surface area contributed by atoms with E-state index in [9.17, 15) is 4.79 Å². The summed E-state index contributed by atoms with van der Waals surface area (Å²) in [6, 6.07) is 5.12. The van der Waals surface area contributed by atoms with Gasteiger partial charge in [0.05, 0.1) is 5.56 Å². The number of aromatic amines is 1. The lowest BCUT2D eigenvalue weighted by molar-refractivity contribution is 0.0697. The predicted molar refractivity (Wildman–Crippen MR) is 62.6 cm³/mol. The van der Waals surface area contributed by atoms with Gasteiger partial charge in [0.1, 0.15) is 0 Å². The second-order valence-corrected chi connectivity index (χ2v) is 3.66. The number of carboxylic acid groups (broad SMARTS) is 1. The zero-order chi connectivity index (χ0) is 11.5. The van der Waals surface area contributed by atoms with Crippen molar-refractivity contribution in [3.8, 4) is 0 Å². The first-order chi connectivity index (χ1) is 7.72. The van der Waals surface area contributed by atoms with E-state index in [1.54, 1.807) is 18.2 Å². The minimum Gasteiger partial charge on any atom is -0.478 e. The van der Waals surface area contributed by atoms with Gasteiger partial charge in [0.25, 0.3) is 0 Å². The molecule has 2 rings (SSSR count). The van der Waals surface area contributed by atoms with Crippen LogP contribution in [0.1, 0.15) is 22.8 Å². The molecule has 0 saturated heterocycles. The van der Waals surface area contributed by atoms with Crippen molar-refractivity contribution >= 4 is 16.9 Å². The Hall–Kier alpha value is -1.81. The highest BCUT2D eigenvalue weighted by Gasteiger charge is 2.07. The van der Waals surface area contributed by atoms with Crippen LogP contribution in [0.5, 0.6) is 0 Å². The quantitative estimate of drug-likeness (QED) is 0.735. The van der Waals surface area contributed by atoms with Crippen LogP contribution in [0.3, 0.4) is 0 Å². The molecule has 0 aliphatic heterocycles. The second-order valence-electron chi connectivity index (χ2n) is 3.66. The first-order valence-corrected chi connectivity index (χ1v) is 5.26. The van der Waals surface area contributed by atoms with Crippen molar-refractivity contribution in [1.29, 1.82) is 0 Å². The number of hydrogen-bond acceptors (Lipinski definition) is 2. The molecule has 1 aromatic carbocycles. The van der Waals surface area contributed by atoms with Crippen LogP contribution in [0.15, 0.2) is 24.4 Å². The van der Waals surface area contributed by atoms with Crippen LogP contribution >= 0.6 is 0 Å². The number of H-pyrrole nitrogens is 1. The standard InChI is InChI=1S/C12H14N2O2/c1-2-13-6-9-7-14-11-4-3-8(12(15)16)5-10(9)11/h3-5,7,13-14H,2,6H2,1H3,(H,15,16). The number of aromatic nitrogens is 1. The number of fused-ring (bicyclic) bond motifs is 1. The minimum atomic E-state index is -0.891. The number of aromatic carboxylic acids is 1. The highest BCUT2D eigenvalue weighted by Crippen LogP contribution is 2.19. The zero-order valence-corrected chi connectivity index (χ0v) is 9.08. The molecule has 0 aliphatic carbocycles. The Bertz CT molecular complexity index is 517. The smallest absolute Gasteiger partial charge is 0.335 e. The van der Waals surface area contributed by atoms with Crippen LogP contribution in [0.25, 0.3) is 10.9 Å². The van der Waals surface area contributed by atoms with Crippen LogP contribution in [0.2, 0.25) is 0 Å². The van der Waals surface area contributed by atoms with E-state index >= 15 is 0 Å². The van der Waals surface area contributed by atoms with Crippen molar-refractivity contribution in [1.82, 2.24) is 10.3 Å². The molecule has 0 saturated carbocycles. The number of benzene rings is 1. The lowest BCUT2D eigenvalue weighted by Crippen LogP contribution is -2.11. The van der Waals surface area contributed by atoms with E-state index in [1.165, 1.54) is 0 Å². The predicted octanol–water partition coefficient (Wildman–Crippen LogP) is 1.98. The molecule has 0 unspecified atom stereocenters. The van der Waals surface area contributed by atoms with Crippen molar-refractivity contribution in [3.63, 3.8) is 0 Å². The number of hydrogen-bond donors (Lipinski definition) is 3. The van der Waals surface area contributed by atoms with Gasteiger partial charge in [-0.3, -0.25) is 0 Å². The van der Waals surface area contributed by atoms with E-state index in [1.807, 2.05) is 13.1 Å². The molecule has 1 heterocycles. The first-order valence-electron chi connectivity index (χ1n) is 5.26. The van der Waals surface area contributed by atoms with Crippen LogP contribution in [0.4, 0.5) is 0 Å². The zero-order valence-electron chi connectivity index (χ0n) is 9.08. The summed E-state index contributed by atoms with van der Waals surface area (Å²) in [6.45, 7) is 3.68. The van der Waals surface area contributed by atoms with E-state index in [4.69, 9.17) is 5.11 Å². The molecule has 84 valence electrons. The molecule has 0 aliphatic rings. The number of carbonyl (C=O) groups is 1. The van der Waals surface area contributed by atoms with E-state index in [0.29, 0.717) is 5.56 Å². The second kappa shape index (κ2) is 4.37. The lowest BCUT2D eigenvalue weighted by atomic mass is 10.1. The molecule has 3 N–H and O–H groups in total. The Morgan fingerprint density at radius 3 is 3.00 bits per heavy atom. The molecule has 0 spiro atoms. The van der Waals surface area contributed by atoms with Crippen molar-refractivity contribution in [2.24, 2.45) is 0 Å². The van der Waals surface area contributed by atoms with Gasteiger partial charge >= 0.3 is 5.97 Å². The van der Waals surface area contributed by atoms with Gasteiger partial charge in [-0.05, 0) is 30.3 Å². The van der Waals surface area contributed by atoms with Crippen molar-refractivity contribution in [3.05, 3.63) is 35.5 Å². The molecule has 0 amide bonds. The fourth-order valence-electron chi connectivity index (χ4n) is 1.72. The maximum atomic E-state index is 10.9. The van der Waals surface area contributed by atoms with Crippen LogP contribution in [-0.2, 0) is 6.54 Å². The third-order valence-electron chi connectivity index (χ3n) is 2.58. The van der Waals surface area contributed by atoms with Gasteiger partial charge in [0, 0.05) is 23.6 Å². The average Bonchev–Trinajstić information content (AvgIpc) is 2.68. The molecule has 0 bridgehead atoms. The molecule has 0 radical (unpaired) electrons. The van der Waals surface area contributed by atoms with E-state index in [-0.39, 0.29) is 0 Å². The van der Waals surface area contributed by atoms with Crippen LogP contribution in [0, 0.1) is 0 Å². The lowest BCUT2D eigenvalue weighted by Gasteiger charge is -2.00. The Morgan fingerprint density at radius 2 is 2.31 bits per heavy atom.